The molecule has 2 N–H and O–H groups in total. The number of amides is 2. The van der Waals surface area contributed by atoms with Gasteiger partial charge in [0.1, 0.15) is 12.2 Å². The van der Waals surface area contributed by atoms with Crippen molar-refractivity contribution in [2.45, 2.75) is 53.8 Å². The number of carbonyl (C=O) groups is 2. The number of aryl methyl sites for hydroxylation is 2. The van der Waals surface area contributed by atoms with Gasteiger partial charge < -0.3 is 15.4 Å². The van der Waals surface area contributed by atoms with Crippen LogP contribution in [0.25, 0.3) is 0 Å². The van der Waals surface area contributed by atoms with E-state index in [-0.39, 0.29) is 11.8 Å². The molecular formula is C34H36N2O3. The average molecular weight is 521 g/mol. The Labute approximate surface area is 231 Å². The van der Waals surface area contributed by atoms with Gasteiger partial charge in [0, 0.05) is 25.2 Å². The minimum Gasteiger partial charge on any atom is -0.356 e. The first-order valence-electron chi connectivity index (χ1n) is 13.2. The number of nitrogens with one attached hydrogen (secondary N) is 2. The van der Waals surface area contributed by atoms with Crippen molar-refractivity contribution in [3.8, 4) is 0 Å². The summed E-state index contributed by atoms with van der Waals surface area (Å²) in [7, 11) is 0. The minimum absolute atomic E-state index is 0.116. The van der Waals surface area contributed by atoms with Crippen LogP contribution in [-0.4, -0.2) is 11.8 Å². The molecule has 0 saturated carbocycles. The summed E-state index contributed by atoms with van der Waals surface area (Å²) in [5.41, 5.74) is 9.50. The van der Waals surface area contributed by atoms with Gasteiger partial charge >= 0.3 is 0 Å². The van der Waals surface area contributed by atoms with E-state index in [1.165, 1.54) is 13.8 Å². The molecule has 2 atom stereocenters. The van der Waals surface area contributed by atoms with Gasteiger partial charge in [0.05, 0.1) is 0 Å². The fourth-order valence-electron chi connectivity index (χ4n) is 5.01. The van der Waals surface area contributed by atoms with Crippen LogP contribution < -0.4 is 10.6 Å². The summed E-state index contributed by atoms with van der Waals surface area (Å²) in [6.07, 6.45) is -0.846. The number of rotatable bonds is 8. The molecule has 0 heterocycles. The standard InChI is InChI=1S/C34H36N2O3/c1-21-17-29(23(3)31(19-21)35-25(5)37)33(27-13-9-7-10-14-27)39-34(28-15-11-8-12-16-28)30-18-22(2)20-32(24(30)4)36-26(6)38/h7-20,33-34H,1-6H3,(H,35,37)(H,36,38). The number of anilines is 2. The lowest BCUT2D eigenvalue weighted by Crippen LogP contribution is -2.17. The van der Waals surface area contributed by atoms with Crippen LogP contribution in [0.3, 0.4) is 0 Å². The summed E-state index contributed by atoms with van der Waals surface area (Å²) >= 11 is 0. The molecule has 4 aromatic rings. The van der Waals surface area contributed by atoms with Crippen LogP contribution in [0.15, 0.2) is 84.9 Å². The monoisotopic (exact) mass is 520 g/mol. The van der Waals surface area contributed by atoms with E-state index < -0.39 is 12.2 Å². The van der Waals surface area contributed by atoms with Gasteiger partial charge in [0.15, 0.2) is 0 Å². The van der Waals surface area contributed by atoms with Gasteiger partial charge in [0.2, 0.25) is 11.8 Å². The maximum atomic E-state index is 12.0. The Balaban J connectivity index is 1.92. The Bertz CT molecular complexity index is 1370. The fourth-order valence-corrected chi connectivity index (χ4v) is 5.01. The van der Waals surface area contributed by atoms with Crippen molar-refractivity contribution in [2.75, 3.05) is 10.6 Å². The van der Waals surface area contributed by atoms with Gasteiger partial charge in [-0.15, -0.1) is 0 Å². The quantitative estimate of drug-likeness (QED) is 0.250. The summed E-state index contributed by atoms with van der Waals surface area (Å²) in [6.45, 7) is 11.1. The van der Waals surface area contributed by atoms with Crippen molar-refractivity contribution in [3.05, 3.63) is 129 Å². The average Bonchev–Trinajstić information content (AvgIpc) is 2.89. The first-order valence-corrected chi connectivity index (χ1v) is 13.2. The van der Waals surface area contributed by atoms with Gasteiger partial charge in [-0.25, -0.2) is 0 Å². The first kappa shape index (κ1) is 27.8. The Morgan fingerprint density at radius 1 is 0.590 bits per heavy atom. The summed E-state index contributed by atoms with van der Waals surface area (Å²) in [6, 6.07) is 28.5. The molecule has 0 aromatic heterocycles. The van der Waals surface area contributed by atoms with E-state index in [4.69, 9.17) is 4.74 Å². The smallest absolute Gasteiger partial charge is 0.221 e. The maximum Gasteiger partial charge on any atom is 0.221 e. The zero-order valence-corrected chi connectivity index (χ0v) is 23.5. The topological polar surface area (TPSA) is 67.4 Å². The second kappa shape index (κ2) is 12.1. The lowest BCUT2D eigenvalue weighted by molar-refractivity contribution is -0.115. The van der Waals surface area contributed by atoms with Crippen molar-refractivity contribution in [1.82, 2.24) is 0 Å². The van der Waals surface area contributed by atoms with Crippen LogP contribution in [0.2, 0.25) is 0 Å². The van der Waals surface area contributed by atoms with Crippen LogP contribution in [0, 0.1) is 27.7 Å². The highest BCUT2D eigenvalue weighted by atomic mass is 16.5. The number of hydrogen-bond donors (Lipinski definition) is 2. The number of hydrogen-bond acceptors (Lipinski definition) is 3. The van der Waals surface area contributed by atoms with Crippen LogP contribution in [0.1, 0.15) is 70.6 Å². The third-order valence-electron chi connectivity index (χ3n) is 6.85. The molecule has 4 rings (SSSR count). The Morgan fingerprint density at radius 3 is 1.28 bits per heavy atom. The molecule has 4 aromatic carbocycles. The van der Waals surface area contributed by atoms with Crippen LogP contribution in [0.4, 0.5) is 11.4 Å². The third-order valence-corrected chi connectivity index (χ3v) is 6.85. The maximum absolute atomic E-state index is 12.0. The van der Waals surface area contributed by atoms with Crippen molar-refractivity contribution in [2.24, 2.45) is 0 Å². The lowest BCUT2D eigenvalue weighted by atomic mass is 9.91. The van der Waals surface area contributed by atoms with E-state index in [2.05, 4.69) is 47.0 Å². The molecule has 0 radical (unpaired) electrons. The van der Waals surface area contributed by atoms with Crippen LogP contribution >= 0.6 is 0 Å². The minimum atomic E-state index is -0.423. The summed E-state index contributed by atoms with van der Waals surface area (Å²) in [4.78, 5) is 24.0. The second-order valence-corrected chi connectivity index (χ2v) is 10.1. The second-order valence-electron chi connectivity index (χ2n) is 10.1. The molecule has 2 amide bonds. The molecule has 0 saturated heterocycles. The molecule has 0 aliphatic carbocycles. The fraction of sp³-hybridized carbons (Fsp3) is 0.235. The van der Waals surface area contributed by atoms with E-state index in [1.54, 1.807) is 0 Å². The summed E-state index contributed by atoms with van der Waals surface area (Å²) in [5, 5.41) is 5.97. The van der Waals surface area contributed by atoms with Gasteiger partial charge in [0.25, 0.3) is 0 Å². The number of ether oxygens (including phenoxy) is 1. The van der Waals surface area contributed by atoms with Gasteiger partial charge in [-0.1, -0.05) is 72.8 Å². The van der Waals surface area contributed by atoms with E-state index in [0.29, 0.717) is 0 Å². The number of benzene rings is 4. The highest BCUT2D eigenvalue weighted by Crippen LogP contribution is 2.41. The van der Waals surface area contributed by atoms with Crippen molar-refractivity contribution in [1.29, 1.82) is 0 Å². The lowest BCUT2D eigenvalue weighted by Gasteiger charge is -2.30. The zero-order valence-electron chi connectivity index (χ0n) is 23.5. The zero-order chi connectivity index (χ0) is 28.1. The Morgan fingerprint density at radius 2 is 0.949 bits per heavy atom. The summed E-state index contributed by atoms with van der Waals surface area (Å²) in [5.74, 6) is -0.232. The molecule has 0 bridgehead atoms. The molecule has 0 spiro atoms. The molecule has 39 heavy (non-hydrogen) atoms. The highest BCUT2D eigenvalue weighted by Gasteiger charge is 2.27. The molecule has 200 valence electrons. The van der Waals surface area contributed by atoms with Gasteiger partial charge in [-0.2, -0.15) is 0 Å². The summed E-state index contributed by atoms with van der Waals surface area (Å²) < 4.78 is 7.16. The molecule has 5 nitrogen and oxygen atoms in total. The van der Waals surface area contributed by atoms with Crippen LogP contribution in [-0.2, 0) is 14.3 Å². The van der Waals surface area contributed by atoms with E-state index in [1.807, 2.05) is 76.2 Å². The van der Waals surface area contributed by atoms with Crippen molar-refractivity contribution in [3.63, 3.8) is 0 Å². The van der Waals surface area contributed by atoms with E-state index >= 15 is 0 Å². The van der Waals surface area contributed by atoms with Gasteiger partial charge in [-0.05, 0) is 84.3 Å². The van der Waals surface area contributed by atoms with Crippen LogP contribution in [0.5, 0.6) is 0 Å². The normalized spacial score (nSPS) is 12.5. The predicted molar refractivity (Wildman–Crippen MR) is 158 cm³/mol. The third kappa shape index (κ3) is 6.62. The first-order chi connectivity index (χ1) is 18.6. The number of carbonyl (C=O) groups excluding carboxylic acids is 2. The van der Waals surface area contributed by atoms with Crippen molar-refractivity contribution < 1.29 is 14.3 Å². The van der Waals surface area contributed by atoms with Crippen molar-refractivity contribution >= 4 is 23.2 Å². The molecule has 5 heteroatoms. The molecule has 0 aliphatic rings. The molecule has 2 unspecified atom stereocenters. The Hall–Kier alpha value is -4.22. The van der Waals surface area contributed by atoms with E-state index in [0.717, 1.165) is 55.9 Å². The highest BCUT2D eigenvalue weighted by molar-refractivity contribution is 5.90. The SMILES string of the molecule is CC(=O)Nc1cc(C)cc(C(OC(c2ccccc2)c2cc(C)cc(NC(C)=O)c2C)c2ccccc2)c1C. The van der Waals surface area contributed by atoms with Gasteiger partial charge in [-0.3, -0.25) is 9.59 Å². The largest absolute Gasteiger partial charge is 0.356 e. The van der Waals surface area contributed by atoms with E-state index in [9.17, 15) is 9.59 Å². The predicted octanol–water partition coefficient (Wildman–Crippen LogP) is 7.73. The Kier molecular flexibility index (Phi) is 8.62. The molecular weight excluding hydrogens is 484 g/mol. The molecule has 0 fully saturated rings. The molecule has 0 aliphatic heterocycles.